The van der Waals surface area contributed by atoms with Gasteiger partial charge in [-0.05, 0) is 149 Å². The first-order chi connectivity index (χ1) is 19.0. The molecule has 4 aliphatic carbocycles. The van der Waals surface area contributed by atoms with E-state index in [9.17, 15) is 0 Å². The third-order valence-electron chi connectivity index (χ3n) is 9.66. The van der Waals surface area contributed by atoms with E-state index in [2.05, 4.69) is 27.7 Å². The number of rotatable bonds is 8. The van der Waals surface area contributed by atoms with Crippen molar-refractivity contribution in [2.75, 3.05) is 0 Å². The molecule has 0 saturated heterocycles. The summed E-state index contributed by atoms with van der Waals surface area (Å²) >= 11 is 14.0. The molecule has 0 bridgehead atoms. The van der Waals surface area contributed by atoms with Crippen molar-refractivity contribution in [1.29, 1.82) is 0 Å². The van der Waals surface area contributed by atoms with Gasteiger partial charge < -0.3 is 18.1 Å². The van der Waals surface area contributed by atoms with Crippen LogP contribution in [-0.2, 0) is 18.1 Å². The molecular weight excluding hydrogens is 606 g/mol. The van der Waals surface area contributed by atoms with Crippen molar-refractivity contribution in [1.82, 2.24) is 0 Å². The highest BCUT2D eigenvalue weighted by atomic mass is 35.9. The van der Waals surface area contributed by atoms with Crippen LogP contribution in [-0.4, -0.2) is 24.4 Å². The molecule has 0 amide bonds. The van der Waals surface area contributed by atoms with E-state index in [1.165, 1.54) is 0 Å². The van der Waals surface area contributed by atoms with Gasteiger partial charge in [-0.2, -0.15) is 9.03 Å². The maximum Gasteiger partial charge on any atom is 0.347 e. The lowest BCUT2D eigenvalue weighted by Crippen LogP contribution is -2.25. The SMILES string of the molecule is CC1CCC(OP2(OC3CCC(C)CC3)=NP(Cl)(Cl)=NP(OC3CCC(C)CC3)(OC3CCC(C)CC3)=N2)CC1. The average molecular weight is 659 g/mol. The summed E-state index contributed by atoms with van der Waals surface area (Å²) in [6.07, 6.45) is 16.9. The Morgan fingerprint density at radius 2 is 0.650 bits per heavy atom. The minimum absolute atomic E-state index is 0.0268. The smallest absolute Gasteiger partial charge is 0.303 e. The van der Waals surface area contributed by atoms with Crippen molar-refractivity contribution < 1.29 is 18.1 Å². The van der Waals surface area contributed by atoms with Crippen LogP contribution < -0.4 is 0 Å². The highest BCUT2D eigenvalue weighted by Crippen LogP contribution is 2.84. The molecule has 5 rings (SSSR count). The van der Waals surface area contributed by atoms with Gasteiger partial charge in [0.15, 0.2) is 0 Å². The second kappa shape index (κ2) is 14.0. The summed E-state index contributed by atoms with van der Waals surface area (Å²) in [4.78, 5) is 0. The third kappa shape index (κ3) is 9.08. The maximum absolute atomic E-state index is 7.02. The second-order valence-electron chi connectivity index (χ2n) is 13.7. The molecule has 0 atom stereocenters. The lowest BCUT2D eigenvalue weighted by molar-refractivity contribution is 0.0759. The summed E-state index contributed by atoms with van der Waals surface area (Å²) in [5.74, 6) is -0.372. The standard InChI is InChI=1S/C28H52Cl2N3O4P3/c1-21-5-13-25(14-6-21)34-39(35-26-15-7-22(2)8-16-26)31-38(29,30)32-40(33-39,36-27-17-9-23(3)10-18-27)37-28-19-11-24(4)12-20-28/h21-28H,5-20H2,1-4H3. The summed E-state index contributed by atoms with van der Waals surface area (Å²) in [5.41, 5.74) is 0. The van der Waals surface area contributed by atoms with Crippen LogP contribution in [0.1, 0.15) is 130 Å². The number of hydrogen-bond acceptors (Lipinski definition) is 7. The first kappa shape index (κ1) is 32.5. The van der Waals surface area contributed by atoms with E-state index in [0.717, 1.165) is 103 Å². The van der Waals surface area contributed by atoms with Crippen LogP contribution in [0.2, 0.25) is 0 Å². The van der Waals surface area contributed by atoms with E-state index in [0.29, 0.717) is 23.7 Å². The molecule has 0 aromatic heterocycles. The molecule has 0 unspecified atom stereocenters. The largest absolute Gasteiger partial charge is 0.347 e. The molecule has 4 saturated carbocycles. The zero-order valence-corrected chi connectivity index (χ0v) is 29.2. The first-order valence-electron chi connectivity index (χ1n) is 16.1. The first-order valence-corrected chi connectivity index (χ1v) is 22.6. The summed E-state index contributed by atoms with van der Waals surface area (Å²) in [5, 5.41) is 0. The fraction of sp³-hybridized carbons (Fsp3) is 1.00. The van der Waals surface area contributed by atoms with Gasteiger partial charge in [0, 0.05) is 0 Å². The zero-order valence-electron chi connectivity index (χ0n) is 25.0. The molecule has 7 nitrogen and oxygen atoms in total. The van der Waals surface area contributed by atoms with Crippen LogP contribution in [0.25, 0.3) is 0 Å². The van der Waals surface area contributed by atoms with Crippen molar-refractivity contribution in [3.05, 3.63) is 0 Å². The van der Waals surface area contributed by atoms with Gasteiger partial charge in [0.05, 0.1) is 24.4 Å². The molecule has 0 radical (unpaired) electrons. The molecule has 0 spiro atoms. The molecule has 5 aliphatic rings. The average Bonchev–Trinajstić information content (AvgIpc) is 2.89. The lowest BCUT2D eigenvalue weighted by Gasteiger charge is -2.39. The Balaban J connectivity index is 1.52. The Labute approximate surface area is 253 Å². The van der Waals surface area contributed by atoms with Crippen LogP contribution in [0.3, 0.4) is 0 Å². The number of halogens is 2. The van der Waals surface area contributed by atoms with Gasteiger partial charge in [-0.25, -0.2) is 0 Å². The normalized spacial score (nSPS) is 46.0. The van der Waals surface area contributed by atoms with E-state index >= 15 is 0 Å². The van der Waals surface area contributed by atoms with Crippen LogP contribution in [0.4, 0.5) is 0 Å². The fourth-order valence-electron chi connectivity index (χ4n) is 6.80. The third-order valence-corrected chi connectivity index (χ3v) is 19.7. The molecule has 0 aromatic carbocycles. The summed E-state index contributed by atoms with van der Waals surface area (Å²) in [7, 11) is -6.46. The molecule has 0 N–H and O–H groups in total. The molecule has 1 heterocycles. The second-order valence-corrected chi connectivity index (χ2v) is 22.9. The Hall–Kier alpha value is 1.11. The summed E-state index contributed by atoms with van der Waals surface area (Å²) < 4.78 is 42.9. The molecule has 232 valence electrons. The fourth-order valence-corrected chi connectivity index (χ4v) is 18.4. The van der Waals surface area contributed by atoms with E-state index < -0.39 is 21.2 Å². The van der Waals surface area contributed by atoms with Crippen LogP contribution >= 0.6 is 43.7 Å². The Bertz CT molecular complexity index is 901. The highest BCUT2D eigenvalue weighted by Gasteiger charge is 2.45. The van der Waals surface area contributed by atoms with E-state index in [-0.39, 0.29) is 24.4 Å². The maximum atomic E-state index is 7.02. The van der Waals surface area contributed by atoms with Gasteiger partial charge in [-0.1, -0.05) is 27.7 Å². The quantitative estimate of drug-likeness (QED) is 0.243. The van der Waals surface area contributed by atoms with Crippen molar-refractivity contribution in [3.8, 4) is 0 Å². The van der Waals surface area contributed by atoms with Crippen molar-refractivity contribution in [3.63, 3.8) is 0 Å². The van der Waals surface area contributed by atoms with Gasteiger partial charge in [0.2, 0.25) is 0 Å². The predicted molar refractivity (Wildman–Crippen MR) is 170 cm³/mol. The zero-order chi connectivity index (χ0) is 28.4. The minimum Gasteiger partial charge on any atom is -0.303 e. The lowest BCUT2D eigenvalue weighted by atomic mass is 9.89. The van der Waals surface area contributed by atoms with Gasteiger partial charge in [0.25, 0.3) is 5.91 Å². The Morgan fingerprint density at radius 1 is 0.400 bits per heavy atom. The topological polar surface area (TPSA) is 74.0 Å². The predicted octanol–water partition coefficient (Wildman–Crippen LogP) is 12.7. The molecule has 1 aliphatic heterocycles. The summed E-state index contributed by atoms with van der Waals surface area (Å²) in [6, 6.07) is 0. The molecule has 4 fully saturated rings. The number of hydrogen-bond donors (Lipinski definition) is 0. The number of nitrogens with zero attached hydrogens (tertiary/aromatic N) is 3. The summed E-state index contributed by atoms with van der Waals surface area (Å²) in [6.45, 7) is 9.27. The van der Waals surface area contributed by atoms with Gasteiger partial charge in [-0.15, -0.1) is 4.52 Å². The Kier molecular flexibility index (Phi) is 11.4. The minimum atomic E-state index is -3.23. The molecule has 0 aromatic rings. The Morgan fingerprint density at radius 3 is 0.925 bits per heavy atom. The van der Waals surface area contributed by atoms with Crippen molar-refractivity contribution in [2.45, 2.75) is 155 Å². The van der Waals surface area contributed by atoms with Gasteiger partial charge in [0.1, 0.15) is 0 Å². The van der Waals surface area contributed by atoms with Gasteiger partial charge >= 0.3 is 15.3 Å². The van der Waals surface area contributed by atoms with Crippen LogP contribution in [0.15, 0.2) is 13.5 Å². The van der Waals surface area contributed by atoms with Gasteiger partial charge in [-0.3, -0.25) is 0 Å². The monoisotopic (exact) mass is 657 g/mol. The van der Waals surface area contributed by atoms with Crippen molar-refractivity contribution >= 4 is 43.7 Å². The van der Waals surface area contributed by atoms with Crippen LogP contribution in [0.5, 0.6) is 0 Å². The van der Waals surface area contributed by atoms with E-state index in [1.54, 1.807) is 0 Å². The van der Waals surface area contributed by atoms with Crippen molar-refractivity contribution in [2.24, 2.45) is 37.2 Å². The molecule has 40 heavy (non-hydrogen) atoms. The van der Waals surface area contributed by atoms with Crippen LogP contribution in [0, 0.1) is 23.7 Å². The highest BCUT2D eigenvalue weighted by molar-refractivity contribution is 8.13. The molecular formula is C28H52Cl2N3O4P3. The van der Waals surface area contributed by atoms with E-state index in [1.807, 2.05) is 0 Å². The molecule has 12 heteroatoms. The van der Waals surface area contributed by atoms with E-state index in [4.69, 9.17) is 54.1 Å².